The van der Waals surface area contributed by atoms with Gasteiger partial charge in [-0.25, -0.2) is 9.97 Å². The van der Waals surface area contributed by atoms with E-state index in [1.165, 1.54) is 33.1 Å². The van der Waals surface area contributed by atoms with Gasteiger partial charge in [0.25, 0.3) is 0 Å². The van der Waals surface area contributed by atoms with Gasteiger partial charge in [0, 0.05) is 39.1 Å². The molecule has 0 atom stereocenters. The Morgan fingerprint density at radius 1 is 0.458 bits per heavy atom. The molecule has 228 valence electrons. The lowest BCUT2D eigenvalue weighted by atomic mass is 9.95. The average Bonchev–Trinajstić information content (AvgIpc) is 3.50. The molecule has 1 aliphatic rings. The van der Waals surface area contributed by atoms with Crippen LogP contribution in [0.2, 0.25) is 0 Å². The summed E-state index contributed by atoms with van der Waals surface area (Å²) >= 11 is 0. The first kappa shape index (κ1) is 28.0. The van der Waals surface area contributed by atoms with E-state index in [0.717, 1.165) is 57.9 Å². The minimum Gasteiger partial charge on any atom is -0.314 e. The summed E-state index contributed by atoms with van der Waals surface area (Å²) in [6, 6.07) is 55.5. The summed E-state index contributed by atoms with van der Waals surface area (Å²) in [6.07, 6.45) is 6.24. The van der Waals surface area contributed by atoms with Gasteiger partial charge < -0.3 is 9.47 Å². The molecule has 2 aromatic heterocycles. The zero-order chi connectivity index (χ0) is 31.9. The van der Waals surface area contributed by atoms with Crippen LogP contribution in [-0.2, 0) is 0 Å². The topological polar surface area (TPSA) is 34.0 Å². The Kier molecular flexibility index (Phi) is 6.90. The fourth-order valence-corrected chi connectivity index (χ4v) is 7.04. The van der Waals surface area contributed by atoms with Gasteiger partial charge in [-0.05, 0) is 85.2 Å². The molecule has 4 nitrogen and oxygen atoms in total. The molecule has 0 saturated heterocycles. The molecule has 0 bridgehead atoms. The summed E-state index contributed by atoms with van der Waals surface area (Å²) < 4.78 is 2.37. The number of fused-ring (bicyclic) bond motifs is 4. The predicted molar refractivity (Wildman–Crippen MR) is 200 cm³/mol. The lowest BCUT2D eigenvalue weighted by Gasteiger charge is -2.30. The normalized spacial score (nSPS) is 13.1. The molecular formula is C44H32N4. The van der Waals surface area contributed by atoms with Crippen molar-refractivity contribution in [2.75, 3.05) is 4.90 Å². The highest BCUT2D eigenvalue weighted by Crippen LogP contribution is 2.39. The molecule has 1 aliphatic carbocycles. The highest BCUT2D eigenvalue weighted by atomic mass is 15.1. The van der Waals surface area contributed by atoms with Crippen LogP contribution in [-0.4, -0.2) is 14.5 Å². The third kappa shape index (κ3) is 4.86. The van der Waals surface area contributed by atoms with Crippen molar-refractivity contribution in [3.8, 4) is 16.9 Å². The minimum atomic E-state index is 0.863. The lowest BCUT2D eigenvalue weighted by molar-refractivity contribution is 0.924. The summed E-state index contributed by atoms with van der Waals surface area (Å²) in [4.78, 5) is 12.6. The maximum atomic E-state index is 5.16. The third-order valence-corrected chi connectivity index (χ3v) is 9.30. The molecule has 0 saturated carbocycles. The third-order valence-electron chi connectivity index (χ3n) is 9.30. The van der Waals surface area contributed by atoms with Crippen molar-refractivity contribution in [2.24, 2.45) is 0 Å². The summed E-state index contributed by atoms with van der Waals surface area (Å²) in [5.74, 6) is 0. The Bertz CT molecular complexity index is 2440. The van der Waals surface area contributed by atoms with Gasteiger partial charge in [0.1, 0.15) is 0 Å². The average molecular weight is 617 g/mol. The Hall–Kier alpha value is -6.26. The molecule has 8 aromatic rings. The van der Waals surface area contributed by atoms with Crippen LogP contribution in [0.25, 0.3) is 55.4 Å². The second-order valence-corrected chi connectivity index (χ2v) is 12.2. The summed E-state index contributed by atoms with van der Waals surface area (Å²) in [5.41, 5.74) is 13.1. The molecule has 0 spiro atoms. The van der Waals surface area contributed by atoms with Crippen molar-refractivity contribution >= 4 is 49.8 Å². The van der Waals surface area contributed by atoms with Gasteiger partial charge >= 0.3 is 0 Å². The Morgan fingerprint density at radius 2 is 1.00 bits per heavy atom. The molecule has 6 aromatic carbocycles. The van der Waals surface area contributed by atoms with Crippen molar-refractivity contribution in [3.63, 3.8) is 0 Å². The number of nitrogens with zero attached hydrogens (tertiary/aromatic N) is 4. The van der Waals surface area contributed by atoms with E-state index in [1.807, 2.05) is 30.3 Å². The van der Waals surface area contributed by atoms with E-state index in [1.54, 1.807) is 0 Å². The van der Waals surface area contributed by atoms with E-state index in [2.05, 4.69) is 149 Å². The van der Waals surface area contributed by atoms with Gasteiger partial charge in [0.05, 0.1) is 33.5 Å². The number of benzene rings is 6. The van der Waals surface area contributed by atoms with Crippen LogP contribution in [0.15, 0.2) is 176 Å². The molecule has 2 heterocycles. The number of rotatable bonds is 6. The summed E-state index contributed by atoms with van der Waals surface area (Å²) in [5, 5.41) is 2.54. The molecule has 9 rings (SSSR count). The van der Waals surface area contributed by atoms with E-state index in [0.29, 0.717) is 0 Å². The molecule has 48 heavy (non-hydrogen) atoms. The van der Waals surface area contributed by atoms with Crippen molar-refractivity contribution in [1.29, 1.82) is 0 Å². The minimum absolute atomic E-state index is 0.863. The van der Waals surface area contributed by atoms with Crippen LogP contribution in [0.1, 0.15) is 18.5 Å². The molecule has 0 N–H and O–H groups in total. The molecule has 0 radical (unpaired) electrons. The molecule has 0 fully saturated rings. The van der Waals surface area contributed by atoms with Crippen LogP contribution in [0.4, 0.5) is 11.4 Å². The standard InChI is InChI=1S/C44H32N4/c1-3-13-31(14-4-1)43-44(46-40-20-10-9-19-39(40)45-43)32-23-25-34(26-24-32)47(33-15-5-2-6-16-33)35-27-29-36(30-28-35)48-41-21-11-7-17-37(41)38-18-8-12-22-42(38)48/h1-23,25,27-30H,24,26H2. The Labute approximate surface area is 279 Å². The van der Waals surface area contributed by atoms with Crippen LogP contribution >= 0.6 is 0 Å². The van der Waals surface area contributed by atoms with Crippen LogP contribution in [0, 0.1) is 0 Å². The molecule has 0 amide bonds. The van der Waals surface area contributed by atoms with Gasteiger partial charge in [0.15, 0.2) is 0 Å². The SMILES string of the molecule is C1=C(c2nc3ccccc3nc2-c2ccccc2)CCC(N(c2ccccc2)c2ccc(-n3c4ccccc4c4ccccc43)cc2)=C1. The summed E-state index contributed by atoms with van der Waals surface area (Å²) in [6.45, 7) is 0. The molecular weight excluding hydrogens is 585 g/mol. The van der Waals surface area contributed by atoms with Gasteiger partial charge in [0.2, 0.25) is 0 Å². The zero-order valence-electron chi connectivity index (χ0n) is 26.4. The fourth-order valence-electron chi connectivity index (χ4n) is 7.04. The maximum absolute atomic E-state index is 5.16. The highest BCUT2D eigenvalue weighted by Gasteiger charge is 2.22. The fraction of sp³-hybridized carbons (Fsp3) is 0.0455. The van der Waals surface area contributed by atoms with Gasteiger partial charge in [-0.1, -0.05) is 103 Å². The number of hydrogen-bond donors (Lipinski definition) is 0. The first-order valence-corrected chi connectivity index (χ1v) is 16.5. The second kappa shape index (κ2) is 11.8. The quantitative estimate of drug-likeness (QED) is 0.186. The van der Waals surface area contributed by atoms with Crippen LogP contribution in [0.3, 0.4) is 0 Å². The van der Waals surface area contributed by atoms with E-state index >= 15 is 0 Å². The smallest absolute Gasteiger partial charge is 0.0969 e. The van der Waals surface area contributed by atoms with Crippen LogP contribution in [0.5, 0.6) is 0 Å². The zero-order valence-corrected chi connectivity index (χ0v) is 26.4. The van der Waals surface area contributed by atoms with E-state index < -0.39 is 0 Å². The number of hydrogen-bond acceptors (Lipinski definition) is 3. The largest absolute Gasteiger partial charge is 0.314 e. The number of allylic oxidation sites excluding steroid dienone is 4. The van der Waals surface area contributed by atoms with Crippen molar-refractivity contribution < 1.29 is 0 Å². The second-order valence-electron chi connectivity index (χ2n) is 12.2. The van der Waals surface area contributed by atoms with Crippen molar-refractivity contribution in [1.82, 2.24) is 14.5 Å². The summed E-state index contributed by atoms with van der Waals surface area (Å²) in [7, 11) is 0. The van der Waals surface area contributed by atoms with Gasteiger partial charge in [-0.3, -0.25) is 0 Å². The highest BCUT2D eigenvalue weighted by molar-refractivity contribution is 6.09. The van der Waals surface area contributed by atoms with Gasteiger partial charge in [-0.2, -0.15) is 0 Å². The number of anilines is 2. The van der Waals surface area contributed by atoms with E-state index in [4.69, 9.17) is 9.97 Å². The maximum Gasteiger partial charge on any atom is 0.0969 e. The number of aromatic nitrogens is 3. The Balaban J connectivity index is 1.12. The molecule has 4 heteroatoms. The number of para-hydroxylation sites is 5. The van der Waals surface area contributed by atoms with Crippen molar-refractivity contribution in [2.45, 2.75) is 12.8 Å². The van der Waals surface area contributed by atoms with E-state index in [9.17, 15) is 0 Å². The Morgan fingerprint density at radius 3 is 1.62 bits per heavy atom. The van der Waals surface area contributed by atoms with Crippen molar-refractivity contribution in [3.05, 3.63) is 181 Å². The lowest BCUT2D eigenvalue weighted by Crippen LogP contribution is -2.18. The monoisotopic (exact) mass is 616 g/mol. The first-order chi connectivity index (χ1) is 23.8. The first-order valence-electron chi connectivity index (χ1n) is 16.5. The van der Waals surface area contributed by atoms with E-state index in [-0.39, 0.29) is 0 Å². The molecule has 0 unspecified atom stereocenters. The van der Waals surface area contributed by atoms with Gasteiger partial charge in [-0.15, -0.1) is 0 Å². The molecule has 0 aliphatic heterocycles. The predicted octanol–water partition coefficient (Wildman–Crippen LogP) is 11.3. The van der Waals surface area contributed by atoms with Crippen LogP contribution < -0.4 is 4.90 Å².